The van der Waals surface area contributed by atoms with Crippen molar-refractivity contribution in [3.8, 4) is 0 Å². The molecule has 0 bridgehead atoms. The van der Waals surface area contributed by atoms with E-state index in [1.807, 2.05) is 0 Å². The first kappa shape index (κ1) is 32.6. The Kier molecular flexibility index (Phi) is 25.9. The zero-order valence-corrected chi connectivity index (χ0v) is 23.1. The largest absolute Gasteiger partial charge is 0.327 e. The second-order valence-corrected chi connectivity index (χ2v) is 9.62. The number of hydrogen-bond donors (Lipinski definition) is 0. The third-order valence-corrected chi connectivity index (χ3v) is 6.20. The Labute approximate surface area is 208 Å². The maximum atomic E-state index is 6.23. The molecule has 198 valence electrons. The molecule has 0 unspecified atom stereocenters. The van der Waals surface area contributed by atoms with Crippen molar-refractivity contribution in [3.05, 3.63) is 12.2 Å². The zero-order valence-electron chi connectivity index (χ0n) is 23.1. The molecule has 33 heavy (non-hydrogen) atoms. The molecule has 0 radical (unpaired) electrons. The van der Waals surface area contributed by atoms with Crippen molar-refractivity contribution in [3.63, 3.8) is 0 Å². The average molecular weight is 469 g/mol. The molecule has 0 aromatic heterocycles. The predicted octanol–water partition coefficient (Wildman–Crippen LogP) is 10.1. The Bertz CT molecular complexity index is 367. The smallest absolute Gasteiger partial charge is 0.282 e. The van der Waals surface area contributed by atoms with Gasteiger partial charge in [0.15, 0.2) is 0 Å². The molecule has 0 saturated heterocycles. The summed E-state index contributed by atoms with van der Waals surface area (Å²) in [5, 5.41) is 0. The molecule has 0 rings (SSSR count). The van der Waals surface area contributed by atoms with Crippen LogP contribution in [0.3, 0.4) is 0 Å². The number of allylic oxidation sites excluding steroid dienone is 2. The molecular formula is C30H60O3. The molecule has 0 aromatic carbocycles. The lowest BCUT2D eigenvalue weighted by Crippen LogP contribution is -2.40. The quantitative estimate of drug-likeness (QED) is 0.0681. The third-order valence-electron chi connectivity index (χ3n) is 6.20. The van der Waals surface area contributed by atoms with Crippen molar-refractivity contribution < 1.29 is 14.2 Å². The maximum Gasteiger partial charge on any atom is 0.282 e. The van der Waals surface area contributed by atoms with Crippen LogP contribution in [-0.4, -0.2) is 25.8 Å². The van der Waals surface area contributed by atoms with Gasteiger partial charge in [-0.25, -0.2) is 0 Å². The van der Waals surface area contributed by atoms with Crippen LogP contribution in [0.4, 0.5) is 0 Å². The SMILES string of the molecule is CCCCCCCC/C=C\CCCCCCCC(OCCCC)(OCCCC)OCCCC. The summed E-state index contributed by atoms with van der Waals surface area (Å²) in [6.45, 7) is 11.0. The predicted molar refractivity (Wildman–Crippen MR) is 145 cm³/mol. The van der Waals surface area contributed by atoms with Gasteiger partial charge in [-0.1, -0.05) is 110 Å². The highest BCUT2D eigenvalue weighted by molar-refractivity contribution is 4.81. The second-order valence-electron chi connectivity index (χ2n) is 9.62. The van der Waals surface area contributed by atoms with Gasteiger partial charge in [0.1, 0.15) is 0 Å². The Balaban J connectivity index is 4.07. The van der Waals surface area contributed by atoms with E-state index in [2.05, 4.69) is 39.8 Å². The summed E-state index contributed by atoms with van der Waals surface area (Å²) in [6.07, 6.45) is 29.3. The highest BCUT2D eigenvalue weighted by Crippen LogP contribution is 2.26. The fraction of sp³-hybridized carbons (Fsp3) is 0.933. The van der Waals surface area contributed by atoms with Crippen molar-refractivity contribution >= 4 is 0 Å². The van der Waals surface area contributed by atoms with Gasteiger partial charge in [0.2, 0.25) is 0 Å². The molecule has 0 N–H and O–H groups in total. The molecule has 0 aliphatic rings. The van der Waals surface area contributed by atoms with E-state index < -0.39 is 5.97 Å². The van der Waals surface area contributed by atoms with E-state index in [1.54, 1.807) is 0 Å². The van der Waals surface area contributed by atoms with Crippen molar-refractivity contribution in [2.75, 3.05) is 19.8 Å². The molecule has 0 atom stereocenters. The van der Waals surface area contributed by atoms with Gasteiger partial charge in [0.25, 0.3) is 5.97 Å². The Morgan fingerprint density at radius 2 is 0.788 bits per heavy atom. The van der Waals surface area contributed by atoms with Gasteiger partial charge in [-0.15, -0.1) is 0 Å². The van der Waals surface area contributed by atoms with E-state index >= 15 is 0 Å². The first-order chi connectivity index (χ1) is 16.2. The van der Waals surface area contributed by atoms with Crippen molar-refractivity contribution in [2.24, 2.45) is 0 Å². The normalized spacial score (nSPS) is 12.2. The minimum atomic E-state index is -0.821. The molecule has 3 nitrogen and oxygen atoms in total. The molecule has 0 spiro atoms. The van der Waals surface area contributed by atoms with Gasteiger partial charge in [0.05, 0.1) is 19.8 Å². The molecule has 0 aliphatic heterocycles. The second kappa shape index (κ2) is 26.2. The standard InChI is InChI=1S/C30H60O3/c1-5-9-13-14-15-16-17-18-19-20-21-22-23-24-25-26-30(31-27-10-6-2,32-28-11-7-3)33-29-12-8-4/h18-19H,5-17,20-29H2,1-4H3/b19-18-. The van der Waals surface area contributed by atoms with Crippen LogP contribution in [0, 0.1) is 0 Å². The Morgan fingerprint density at radius 1 is 0.424 bits per heavy atom. The monoisotopic (exact) mass is 468 g/mol. The molecule has 0 aliphatic carbocycles. The minimum Gasteiger partial charge on any atom is -0.327 e. The van der Waals surface area contributed by atoms with E-state index in [4.69, 9.17) is 14.2 Å². The zero-order chi connectivity index (χ0) is 24.3. The molecule has 0 aromatic rings. The average Bonchev–Trinajstić information content (AvgIpc) is 2.82. The molecule has 0 amide bonds. The molecule has 3 heteroatoms. The van der Waals surface area contributed by atoms with Crippen molar-refractivity contribution in [1.29, 1.82) is 0 Å². The highest BCUT2D eigenvalue weighted by atomic mass is 16.9. The van der Waals surface area contributed by atoms with Gasteiger partial charge in [-0.2, -0.15) is 0 Å². The lowest BCUT2D eigenvalue weighted by atomic mass is 10.1. The van der Waals surface area contributed by atoms with Crippen LogP contribution in [-0.2, 0) is 14.2 Å². The van der Waals surface area contributed by atoms with E-state index in [9.17, 15) is 0 Å². The lowest BCUT2D eigenvalue weighted by Gasteiger charge is -2.33. The summed E-state index contributed by atoms with van der Waals surface area (Å²) in [5.74, 6) is -0.821. The first-order valence-corrected chi connectivity index (χ1v) is 14.8. The molecule has 0 fully saturated rings. The van der Waals surface area contributed by atoms with Crippen LogP contribution in [0.1, 0.15) is 156 Å². The Morgan fingerprint density at radius 3 is 1.21 bits per heavy atom. The van der Waals surface area contributed by atoms with Crippen LogP contribution in [0.5, 0.6) is 0 Å². The van der Waals surface area contributed by atoms with E-state index in [0.717, 1.165) is 71.2 Å². The lowest BCUT2D eigenvalue weighted by molar-refractivity contribution is -0.384. The summed E-state index contributed by atoms with van der Waals surface area (Å²) in [6, 6.07) is 0. The summed E-state index contributed by atoms with van der Waals surface area (Å²) >= 11 is 0. The number of hydrogen-bond acceptors (Lipinski definition) is 3. The van der Waals surface area contributed by atoms with Crippen molar-refractivity contribution in [1.82, 2.24) is 0 Å². The van der Waals surface area contributed by atoms with E-state index in [1.165, 1.54) is 77.0 Å². The number of rotatable bonds is 27. The van der Waals surface area contributed by atoms with Gasteiger partial charge in [-0.05, 0) is 51.4 Å². The maximum absolute atomic E-state index is 6.23. The van der Waals surface area contributed by atoms with Gasteiger partial charge < -0.3 is 14.2 Å². The summed E-state index contributed by atoms with van der Waals surface area (Å²) in [7, 11) is 0. The Hall–Kier alpha value is -0.380. The van der Waals surface area contributed by atoms with Crippen molar-refractivity contribution in [2.45, 2.75) is 162 Å². The highest BCUT2D eigenvalue weighted by Gasteiger charge is 2.32. The van der Waals surface area contributed by atoms with Gasteiger partial charge in [0, 0.05) is 6.42 Å². The number of unbranched alkanes of at least 4 members (excludes halogenated alkanes) is 14. The van der Waals surface area contributed by atoms with Gasteiger partial charge >= 0.3 is 0 Å². The topological polar surface area (TPSA) is 27.7 Å². The molecule has 0 saturated carbocycles. The van der Waals surface area contributed by atoms with Crippen LogP contribution in [0.15, 0.2) is 12.2 Å². The van der Waals surface area contributed by atoms with Crippen LogP contribution >= 0.6 is 0 Å². The summed E-state index contributed by atoms with van der Waals surface area (Å²) in [5.41, 5.74) is 0. The fourth-order valence-corrected chi connectivity index (χ4v) is 3.87. The first-order valence-electron chi connectivity index (χ1n) is 14.8. The van der Waals surface area contributed by atoms with Crippen LogP contribution < -0.4 is 0 Å². The van der Waals surface area contributed by atoms with Crippen LogP contribution in [0.2, 0.25) is 0 Å². The summed E-state index contributed by atoms with van der Waals surface area (Å²) in [4.78, 5) is 0. The minimum absolute atomic E-state index is 0.722. The van der Waals surface area contributed by atoms with E-state index in [-0.39, 0.29) is 0 Å². The van der Waals surface area contributed by atoms with Crippen LogP contribution in [0.25, 0.3) is 0 Å². The van der Waals surface area contributed by atoms with E-state index in [0.29, 0.717) is 0 Å². The van der Waals surface area contributed by atoms with Gasteiger partial charge in [-0.3, -0.25) is 0 Å². The fourth-order valence-electron chi connectivity index (χ4n) is 3.87. The number of ether oxygens (including phenoxy) is 3. The molecular weight excluding hydrogens is 408 g/mol. The third kappa shape index (κ3) is 21.9. The molecule has 0 heterocycles. The summed E-state index contributed by atoms with van der Waals surface area (Å²) < 4.78 is 18.7.